The highest BCUT2D eigenvalue weighted by atomic mass is 16.5. The van der Waals surface area contributed by atoms with Crippen LogP contribution in [0.1, 0.15) is 17.5 Å². The van der Waals surface area contributed by atoms with Crippen molar-refractivity contribution in [3.8, 4) is 5.75 Å². The van der Waals surface area contributed by atoms with Crippen LogP contribution in [0.25, 0.3) is 6.08 Å². The van der Waals surface area contributed by atoms with Crippen LogP contribution in [0.15, 0.2) is 60.2 Å². The molecule has 1 atom stereocenters. The van der Waals surface area contributed by atoms with Gasteiger partial charge in [0.05, 0.1) is 5.57 Å². The quantitative estimate of drug-likeness (QED) is 0.765. The van der Waals surface area contributed by atoms with E-state index in [1.54, 1.807) is 6.08 Å². The minimum atomic E-state index is -0.522. The van der Waals surface area contributed by atoms with E-state index in [-0.39, 0.29) is 25.2 Å². The Morgan fingerprint density at radius 2 is 1.90 bits per heavy atom. The maximum Gasteiger partial charge on any atom is 0.338 e. The fourth-order valence-corrected chi connectivity index (χ4v) is 3.66. The Bertz CT molecular complexity index is 910. The Labute approximate surface area is 170 Å². The van der Waals surface area contributed by atoms with E-state index in [0.29, 0.717) is 5.57 Å². The number of carbonyl (C=O) groups is 2. The van der Waals surface area contributed by atoms with Crippen molar-refractivity contribution in [1.29, 1.82) is 0 Å². The van der Waals surface area contributed by atoms with Gasteiger partial charge in [-0.05, 0) is 24.1 Å². The molecule has 0 spiro atoms. The normalized spacial score (nSPS) is 18.3. The second-order valence-corrected chi connectivity index (χ2v) is 7.35. The van der Waals surface area contributed by atoms with Crippen molar-refractivity contribution in [1.82, 2.24) is 10.2 Å². The molecule has 0 aliphatic carbocycles. The number of amides is 1. The minimum Gasteiger partial charge on any atom is -0.488 e. The number of rotatable bonds is 6. The first-order chi connectivity index (χ1) is 14.2. The molecule has 2 aromatic carbocycles. The van der Waals surface area contributed by atoms with Crippen LogP contribution in [-0.4, -0.2) is 49.1 Å². The van der Waals surface area contributed by atoms with Gasteiger partial charge in [-0.2, -0.15) is 0 Å². The molecule has 29 heavy (non-hydrogen) atoms. The first-order valence-electron chi connectivity index (χ1n) is 9.82. The first kappa shape index (κ1) is 19.2. The number of benzene rings is 2. The summed E-state index contributed by atoms with van der Waals surface area (Å²) in [7, 11) is 0. The van der Waals surface area contributed by atoms with Gasteiger partial charge in [0.15, 0.2) is 6.61 Å². The second kappa shape index (κ2) is 8.92. The van der Waals surface area contributed by atoms with Gasteiger partial charge in [0.1, 0.15) is 12.4 Å². The standard InChI is InChI=1S/C23H24N2O4/c26-22(24-20-10-11-25(14-20)13-17-6-2-1-3-7-17)16-29-23(27)19-12-18-8-4-5-9-21(18)28-15-19/h1-9,12,20H,10-11,13-16H2,(H,24,26). The molecule has 4 rings (SSSR count). The van der Waals surface area contributed by atoms with E-state index < -0.39 is 5.97 Å². The van der Waals surface area contributed by atoms with Gasteiger partial charge in [-0.1, -0.05) is 48.5 Å². The molecule has 0 bridgehead atoms. The summed E-state index contributed by atoms with van der Waals surface area (Å²) in [5.74, 6) is -0.0579. The molecule has 2 aromatic rings. The van der Waals surface area contributed by atoms with Crippen molar-refractivity contribution >= 4 is 18.0 Å². The molecule has 2 heterocycles. The molecule has 6 nitrogen and oxygen atoms in total. The van der Waals surface area contributed by atoms with Gasteiger partial charge in [0.25, 0.3) is 5.91 Å². The Hall–Kier alpha value is -3.12. The molecule has 2 aliphatic rings. The van der Waals surface area contributed by atoms with E-state index in [0.717, 1.165) is 37.4 Å². The lowest BCUT2D eigenvalue weighted by atomic mass is 10.1. The number of carbonyl (C=O) groups excluding carboxylic acids is 2. The van der Waals surface area contributed by atoms with Crippen LogP contribution in [0.3, 0.4) is 0 Å². The minimum absolute atomic E-state index is 0.0778. The van der Waals surface area contributed by atoms with Crippen molar-refractivity contribution in [2.24, 2.45) is 0 Å². The largest absolute Gasteiger partial charge is 0.488 e. The predicted octanol–water partition coefficient (Wildman–Crippen LogP) is 2.40. The first-order valence-corrected chi connectivity index (χ1v) is 9.82. The third-order valence-electron chi connectivity index (χ3n) is 5.11. The van der Waals surface area contributed by atoms with Crippen molar-refractivity contribution in [3.05, 3.63) is 71.3 Å². The van der Waals surface area contributed by atoms with Crippen LogP contribution in [0, 0.1) is 0 Å². The van der Waals surface area contributed by atoms with Crippen molar-refractivity contribution < 1.29 is 19.1 Å². The Morgan fingerprint density at radius 3 is 2.76 bits per heavy atom. The van der Waals surface area contributed by atoms with E-state index in [1.807, 2.05) is 42.5 Å². The molecule has 0 aromatic heterocycles. The number of nitrogens with one attached hydrogen (secondary N) is 1. The number of hydrogen-bond acceptors (Lipinski definition) is 5. The number of ether oxygens (including phenoxy) is 2. The zero-order valence-electron chi connectivity index (χ0n) is 16.2. The van der Waals surface area contributed by atoms with Gasteiger partial charge in [-0.15, -0.1) is 0 Å². The summed E-state index contributed by atoms with van der Waals surface area (Å²) in [4.78, 5) is 26.8. The predicted molar refractivity (Wildman–Crippen MR) is 109 cm³/mol. The summed E-state index contributed by atoms with van der Waals surface area (Å²) in [6.45, 7) is 2.47. The lowest BCUT2D eigenvalue weighted by molar-refractivity contribution is -0.145. The summed E-state index contributed by atoms with van der Waals surface area (Å²) in [5.41, 5.74) is 2.50. The molecule has 1 amide bonds. The van der Waals surface area contributed by atoms with Crippen LogP contribution in [-0.2, 0) is 20.9 Å². The number of nitrogens with zero attached hydrogens (tertiary/aromatic N) is 1. The molecular weight excluding hydrogens is 368 g/mol. The van der Waals surface area contributed by atoms with Crippen molar-refractivity contribution in [2.75, 3.05) is 26.3 Å². The van der Waals surface area contributed by atoms with Gasteiger partial charge in [0, 0.05) is 31.2 Å². The third-order valence-corrected chi connectivity index (χ3v) is 5.11. The van der Waals surface area contributed by atoms with E-state index in [4.69, 9.17) is 9.47 Å². The molecule has 1 saturated heterocycles. The topological polar surface area (TPSA) is 67.9 Å². The highest BCUT2D eigenvalue weighted by Gasteiger charge is 2.25. The van der Waals surface area contributed by atoms with Gasteiger partial charge in [-0.25, -0.2) is 4.79 Å². The summed E-state index contributed by atoms with van der Waals surface area (Å²) in [6.07, 6.45) is 2.64. The summed E-state index contributed by atoms with van der Waals surface area (Å²) in [6, 6.07) is 17.8. The van der Waals surface area contributed by atoms with Crippen molar-refractivity contribution in [2.45, 2.75) is 19.0 Å². The Morgan fingerprint density at radius 1 is 1.10 bits per heavy atom. The Balaban J connectivity index is 1.22. The SMILES string of the molecule is O=C(COC(=O)C1=Cc2ccccc2OC1)NC1CCN(Cc2ccccc2)C1. The number of esters is 1. The van der Waals surface area contributed by atoms with Gasteiger partial charge < -0.3 is 14.8 Å². The zero-order chi connectivity index (χ0) is 20.1. The summed E-state index contributed by atoms with van der Waals surface area (Å²) < 4.78 is 10.7. The van der Waals surface area contributed by atoms with Gasteiger partial charge in [0.2, 0.25) is 0 Å². The summed E-state index contributed by atoms with van der Waals surface area (Å²) in [5, 5.41) is 2.96. The molecule has 0 saturated carbocycles. The molecule has 1 fully saturated rings. The molecule has 0 radical (unpaired) electrons. The van der Waals surface area contributed by atoms with Crippen LogP contribution in [0.4, 0.5) is 0 Å². The lowest BCUT2D eigenvalue weighted by Crippen LogP contribution is -2.39. The maximum absolute atomic E-state index is 12.2. The van der Waals surface area contributed by atoms with Gasteiger partial charge >= 0.3 is 5.97 Å². The third kappa shape index (κ3) is 5.03. The monoisotopic (exact) mass is 392 g/mol. The van der Waals surface area contributed by atoms with Crippen LogP contribution in [0.2, 0.25) is 0 Å². The Kier molecular flexibility index (Phi) is 5.91. The molecule has 1 unspecified atom stereocenters. The maximum atomic E-state index is 12.2. The highest BCUT2D eigenvalue weighted by molar-refractivity contribution is 5.96. The number of hydrogen-bond donors (Lipinski definition) is 1. The molecule has 6 heteroatoms. The molecule has 2 aliphatic heterocycles. The second-order valence-electron chi connectivity index (χ2n) is 7.35. The number of para-hydroxylation sites is 1. The van der Waals surface area contributed by atoms with Crippen LogP contribution in [0.5, 0.6) is 5.75 Å². The van der Waals surface area contributed by atoms with E-state index in [1.165, 1.54) is 5.56 Å². The average molecular weight is 392 g/mol. The molecule has 1 N–H and O–H groups in total. The van der Waals surface area contributed by atoms with Crippen molar-refractivity contribution in [3.63, 3.8) is 0 Å². The highest BCUT2D eigenvalue weighted by Crippen LogP contribution is 2.26. The number of likely N-dealkylation sites (tertiary alicyclic amines) is 1. The molecule has 150 valence electrons. The van der Waals surface area contributed by atoms with E-state index in [2.05, 4.69) is 22.3 Å². The van der Waals surface area contributed by atoms with Gasteiger partial charge in [-0.3, -0.25) is 9.69 Å². The zero-order valence-corrected chi connectivity index (χ0v) is 16.2. The van der Waals surface area contributed by atoms with Crippen LogP contribution >= 0.6 is 0 Å². The van der Waals surface area contributed by atoms with E-state index in [9.17, 15) is 9.59 Å². The fourth-order valence-electron chi connectivity index (χ4n) is 3.66. The fraction of sp³-hybridized carbons (Fsp3) is 0.304. The smallest absolute Gasteiger partial charge is 0.338 e. The lowest BCUT2D eigenvalue weighted by Gasteiger charge is -2.18. The van der Waals surface area contributed by atoms with Crippen LogP contribution < -0.4 is 10.1 Å². The number of fused-ring (bicyclic) bond motifs is 1. The summed E-state index contributed by atoms with van der Waals surface area (Å²) >= 11 is 0. The molecular formula is C23H24N2O4. The van der Waals surface area contributed by atoms with E-state index >= 15 is 0 Å². The average Bonchev–Trinajstić information content (AvgIpc) is 3.19.